The van der Waals surface area contributed by atoms with Gasteiger partial charge in [-0.1, -0.05) is 11.6 Å². The van der Waals surface area contributed by atoms with Crippen molar-refractivity contribution in [2.75, 3.05) is 13.1 Å². The van der Waals surface area contributed by atoms with Crippen molar-refractivity contribution in [1.29, 1.82) is 0 Å². The monoisotopic (exact) mass is 334 g/mol. The third kappa shape index (κ3) is 3.53. The lowest BCUT2D eigenvalue weighted by atomic mass is 10.1. The fourth-order valence-electron chi connectivity index (χ4n) is 2.57. The number of nitrogens with zero attached hydrogens (tertiary/aromatic N) is 2. The van der Waals surface area contributed by atoms with E-state index in [0.717, 1.165) is 5.56 Å². The molecule has 0 aliphatic carbocycles. The minimum Gasteiger partial charge on any atom is -0.481 e. The second kappa shape index (κ2) is 6.42. The Morgan fingerprint density at radius 1 is 1.35 bits per heavy atom. The van der Waals surface area contributed by atoms with Crippen LogP contribution in [0, 0.1) is 5.92 Å². The molecule has 1 amide bonds. The van der Waals surface area contributed by atoms with Crippen LogP contribution >= 0.6 is 11.6 Å². The number of benzene rings is 1. The average Bonchev–Trinajstić information content (AvgIpc) is 3.17. The molecule has 1 fully saturated rings. The molecule has 1 aromatic carbocycles. The van der Waals surface area contributed by atoms with Crippen LogP contribution in [0.1, 0.15) is 12.1 Å². The third-order valence-corrected chi connectivity index (χ3v) is 4.12. The molecular formula is C16H15ClN2O4. The first-order valence-corrected chi connectivity index (χ1v) is 7.61. The van der Waals surface area contributed by atoms with Crippen molar-refractivity contribution in [1.82, 2.24) is 9.88 Å². The van der Waals surface area contributed by atoms with Gasteiger partial charge in [-0.2, -0.15) is 0 Å². The Hall–Kier alpha value is -2.34. The normalized spacial score (nSPS) is 17.4. The van der Waals surface area contributed by atoms with Crippen LogP contribution in [0.15, 0.2) is 34.9 Å². The Balaban J connectivity index is 1.64. The molecule has 0 saturated carbocycles. The first-order valence-electron chi connectivity index (χ1n) is 7.24. The van der Waals surface area contributed by atoms with Crippen LogP contribution in [0.5, 0.6) is 0 Å². The molecule has 2 heterocycles. The Morgan fingerprint density at radius 2 is 2.09 bits per heavy atom. The van der Waals surface area contributed by atoms with Crippen molar-refractivity contribution in [2.45, 2.75) is 12.8 Å². The lowest BCUT2D eigenvalue weighted by Crippen LogP contribution is -2.31. The van der Waals surface area contributed by atoms with E-state index in [2.05, 4.69) is 4.98 Å². The number of carboxylic acids is 1. The zero-order valence-corrected chi connectivity index (χ0v) is 13.0. The lowest BCUT2D eigenvalue weighted by Gasteiger charge is -2.14. The number of hydrogen-bond acceptors (Lipinski definition) is 4. The number of carbonyl (C=O) groups excluding carboxylic acids is 1. The van der Waals surface area contributed by atoms with E-state index in [4.69, 9.17) is 21.1 Å². The minimum atomic E-state index is -0.855. The van der Waals surface area contributed by atoms with Gasteiger partial charge in [-0.25, -0.2) is 4.98 Å². The number of carbonyl (C=O) groups is 2. The first kappa shape index (κ1) is 15.6. The quantitative estimate of drug-likeness (QED) is 0.928. The van der Waals surface area contributed by atoms with Crippen LogP contribution in [0.2, 0.25) is 5.02 Å². The molecule has 0 spiro atoms. The molecule has 1 saturated heterocycles. The summed E-state index contributed by atoms with van der Waals surface area (Å²) in [6.45, 7) is 0.730. The van der Waals surface area contributed by atoms with Crippen LogP contribution in [-0.2, 0) is 16.0 Å². The van der Waals surface area contributed by atoms with E-state index in [1.54, 1.807) is 29.2 Å². The summed E-state index contributed by atoms with van der Waals surface area (Å²) in [6, 6.07) is 7.06. The predicted molar refractivity (Wildman–Crippen MR) is 83.0 cm³/mol. The Labute approximate surface area is 137 Å². The summed E-state index contributed by atoms with van der Waals surface area (Å²) < 4.78 is 5.39. The topological polar surface area (TPSA) is 83.6 Å². The van der Waals surface area contributed by atoms with Gasteiger partial charge in [0, 0.05) is 23.7 Å². The Kier molecular flexibility index (Phi) is 4.34. The zero-order chi connectivity index (χ0) is 16.4. The van der Waals surface area contributed by atoms with Gasteiger partial charge in [0.05, 0.1) is 18.0 Å². The molecule has 2 aromatic rings. The molecule has 0 radical (unpaired) electrons. The highest BCUT2D eigenvalue weighted by Crippen LogP contribution is 2.22. The van der Waals surface area contributed by atoms with Crippen molar-refractivity contribution in [3.63, 3.8) is 0 Å². The molecule has 1 atom stereocenters. The SMILES string of the molecule is O=C(O)[C@@H]1CCN(C(=O)Cc2coc(-c3ccc(Cl)cc3)n2)C1. The molecule has 1 aliphatic heterocycles. The van der Waals surface area contributed by atoms with Crippen molar-refractivity contribution >= 4 is 23.5 Å². The van der Waals surface area contributed by atoms with E-state index in [9.17, 15) is 9.59 Å². The number of likely N-dealkylation sites (tertiary alicyclic amines) is 1. The number of oxazole rings is 1. The molecule has 0 bridgehead atoms. The van der Waals surface area contributed by atoms with E-state index < -0.39 is 11.9 Å². The van der Waals surface area contributed by atoms with E-state index in [1.165, 1.54) is 6.26 Å². The van der Waals surface area contributed by atoms with Crippen LogP contribution in [0.25, 0.3) is 11.5 Å². The van der Waals surface area contributed by atoms with Gasteiger partial charge >= 0.3 is 5.97 Å². The summed E-state index contributed by atoms with van der Waals surface area (Å²) in [5, 5.41) is 9.60. The van der Waals surface area contributed by atoms with Gasteiger partial charge in [0.25, 0.3) is 0 Å². The van der Waals surface area contributed by atoms with Gasteiger partial charge in [0.1, 0.15) is 6.26 Å². The molecular weight excluding hydrogens is 320 g/mol. The maximum Gasteiger partial charge on any atom is 0.308 e. The summed E-state index contributed by atoms with van der Waals surface area (Å²) in [5.74, 6) is -1.04. The number of carboxylic acid groups (broad SMARTS) is 1. The van der Waals surface area contributed by atoms with Gasteiger partial charge in [0.2, 0.25) is 11.8 Å². The summed E-state index contributed by atoms with van der Waals surface area (Å²) in [5.41, 5.74) is 1.30. The maximum atomic E-state index is 12.2. The minimum absolute atomic E-state index is 0.101. The number of rotatable bonds is 4. The molecule has 1 N–H and O–H groups in total. The highest BCUT2D eigenvalue weighted by Gasteiger charge is 2.31. The second-order valence-corrected chi connectivity index (χ2v) is 5.93. The first-order chi connectivity index (χ1) is 11.0. The largest absolute Gasteiger partial charge is 0.481 e. The standard InChI is InChI=1S/C16H15ClN2O4/c17-12-3-1-10(2-4-12)15-18-13(9-23-15)7-14(20)19-6-5-11(8-19)16(21)22/h1-4,9,11H,5-8H2,(H,21,22)/t11-/m1/s1. The fourth-order valence-corrected chi connectivity index (χ4v) is 2.69. The Bertz CT molecular complexity index is 726. The predicted octanol–water partition coefficient (Wildman–Crippen LogP) is 2.47. The Morgan fingerprint density at radius 3 is 2.74 bits per heavy atom. The molecule has 6 nitrogen and oxygen atoms in total. The summed E-state index contributed by atoms with van der Waals surface area (Å²) in [7, 11) is 0. The van der Waals surface area contributed by atoms with Gasteiger partial charge in [-0.05, 0) is 30.7 Å². The van der Waals surface area contributed by atoms with E-state index >= 15 is 0 Å². The van der Waals surface area contributed by atoms with Crippen LogP contribution in [-0.4, -0.2) is 40.0 Å². The molecule has 1 aromatic heterocycles. The second-order valence-electron chi connectivity index (χ2n) is 5.49. The van der Waals surface area contributed by atoms with Crippen molar-refractivity contribution in [3.05, 3.63) is 41.2 Å². The lowest BCUT2D eigenvalue weighted by molar-refractivity contribution is -0.141. The van der Waals surface area contributed by atoms with Gasteiger partial charge in [-0.15, -0.1) is 0 Å². The van der Waals surface area contributed by atoms with Gasteiger partial charge in [-0.3, -0.25) is 9.59 Å². The van der Waals surface area contributed by atoms with Crippen LogP contribution < -0.4 is 0 Å². The van der Waals surface area contributed by atoms with Crippen molar-refractivity contribution in [2.24, 2.45) is 5.92 Å². The summed E-state index contributed by atoms with van der Waals surface area (Å²) in [4.78, 5) is 29.0. The summed E-state index contributed by atoms with van der Waals surface area (Å²) >= 11 is 5.84. The molecule has 23 heavy (non-hydrogen) atoms. The van der Waals surface area contributed by atoms with Gasteiger partial charge in [0.15, 0.2) is 0 Å². The number of aromatic nitrogens is 1. The van der Waals surface area contributed by atoms with E-state index in [0.29, 0.717) is 29.6 Å². The zero-order valence-electron chi connectivity index (χ0n) is 12.2. The molecule has 0 unspecified atom stereocenters. The van der Waals surface area contributed by atoms with Gasteiger partial charge < -0.3 is 14.4 Å². The average molecular weight is 335 g/mol. The molecule has 120 valence electrons. The molecule has 7 heteroatoms. The van der Waals surface area contributed by atoms with E-state index in [1.807, 2.05) is 0 Å². The number of halogens is 1. The van der Waals surface area contributed by atoms with Crippen LogP contribution in [0.4, 0.5) is 0 Å². The van der Waals surface area contributed by atoms with Crippen LogP contribution in [0.3, 0.4) is 0 Å². The number of hydrogen-bond donors (Lipinski definition) is 1. The highest BCUT2D eigenvalue weighted by atomic mass is 35.5. The molecule has 3 rings (SSSR count). The smallest absolute Gasteiger partial charge is 0.308 e. The number of amides is 1. The highest BCUT2D eigenvalue weighted by molar-refractivity contribution is 6.30. The van der Waals surface area contributed by atoms with Crippen molar-refractivity contribution in [3.8, 4) is 11.5 Å². The number of aliphatic carboxylic acids is 1. The van der Waals surface area contributed by atoms with Crippen molar-refractivity contribution < 1.29 is 19.1 Å². The summed E-state index contributed by atoms with van der Waals surface area (Å²) in [6.07, 6.45) is 2.05. The fraction of sp³-hybridized carbons (Fsp3) is 0.312. The third-order valence-electron chi connectivity index (χ3n) is 3.87. The maximum absolute atomic E-state index is 12.2. The molecule has 1 aliphatic rings. The van der Waals surface area contributed by atoms with E-state index in [-0.39, 0.29) is 18.9 Å².